The average molecular weight is 322 g/mol. The van der Waals surface area contributed by atoms with Crippen molar-refractivity contribution in [3.8, 4) is 0 Å². The third kappa shape index (κ3) is 3.98. The second kappa shape index (κ2) is 7.83. The highest BCUT2D eigenvalue weighted by atomic mass is 15.3. The van der Waals surface area contributed by atoms with E-state index in [1.807, 2.05) is 0 Å². The number of nitrogens with zero attached hydrogens (tertiary/aromatic N) is 1. The molecule has 2 aliphatic carbocycles. The maximum absolute atomic E-state index is 4.89. The minimum Gasteiger partial charge on any atom is -0.307 e. The molecule has 2 nitrogen and oxygen atoms in total. The van der Waals surface area contributed by atoms with E-state index in [0.717, 1.165) is 6.42 Å². The topological polar surface area (TPSA) is 24.4 Å². The third-order valence-corrected chi connectivity index (χ3v) is 5.63. The summed E-state index contributed by atoms with van der Waals surface area (Å²) in [5.41, 5.74) is 10.3. The summed E-state index contributed by atoms with van der Waals surface area (Å²) in [6, 6.07) is 11.2. The zero-order valence-electron chi connectivity index (χ0n) is 15.3. The average Bonchev–Trinajstić information content (AvgIpc) is 2.86. The first-order valence-electron chi connectivity index (χ1n) is 9.38. The molecule has 1 atom stereocenters. The molecule has 1 aromatic rings. The number of benzene rings is 1. The highest BCUT2D eigenvalue weighted by molar-refractivity contribution is 6.01. The standard InChI is InChI=1S/C22H30N2/c1-16-14-17(2)21(18(16)3)15-22(19-10-6-4-7-11-19)24-23-20-12-8-5-9-13-20/h4,6-7,10-11,14,20-21,23H,5,8-9,12-13,15H2,1-3H3. The number of hydrogen-bond donors (Lipinski definition) is 1. The van der Waals surface area contributed by atoms with Crippen LogP contribution in [-0.2, 0) is 0 Å². The first-order valence-corrected chi connectivity index (χ1v) is 9.38. The van der Waals surface area contributed by atoms with Crippen LogP contribution in [0.2, 0.25) is 0 Å². The van der Waals surface area contributed by atoms with Gasteiger partial charge >= 0.3 is 0 Å². The van der Waals surface area contributed by atoms with Crippen LogP contribution in [-0.4, -0.2) is 11.8 Å². The van der Waals surface area contributed by atoms with Crippen LogP contribution in [0.4, 0.5) is 0 Å². The third-order valence-electron chi connectivity index (χ3n) is 5.63. The molecule has 2 aliphatic rings. The molecule has 2 heteroatoms. The Balaban J connectivity index is 1.79. The monoisotopic (exact) mass is 322 g/mol. The molecule has 0 spiro atoms. The highest BCUT2D eigenvalue weighted by Crippen LogP contribution is 2.34. The lowest BCUT2D eigenvalue weighted by molar-refractivity contribution is 0.380. The van der Waals surface area contributed by atoms with Crippen molar-refractivity contribution in [3.63, 3.8) is 0 Å². The van der Waals surface area contributed by atoms with Crippen LogP contribution in [0.1, 0.15) is 64.9 Å². The summed E-state index contributed by atoms with van der Waals surface area (Å²) in [6.45, 7) is 6.74. The predicted molar refractivity (Wildman–Crippen MR) is 103 cm³/mol. The highest BCUT2D eigenvalue weighted by Gasteiger charge is 2.23. The number of rotatable bonds is 5. The maximum Gasteiger partial charge on any atom is 0.0684 e. The number of hydrogen-bond acceptors (Lipinski definition) is 2. The number of hydrazone groups is 1. The normalized spacial score (nSPS) is 22.7. The van der Waals surface area contributed by atoms with E-state index in [9.17, 15) is 0 Å². The van der Waals surface area contributed by atoms with Crippen molar-refractivity contribution in [2.24, 2.45) is 11.0 Å². The molecule has 1 fully saturated rings. The van der Waals surface area contributed by atoms with Crippen molar-refractivity contribution in [1.82, 2.24) is 5.43 Å². The van der Waals surface area contributed by atoms with Crippen LogP contribution in [0.5, 0.6) is 0 Å². The Morgan fingerprint density at radius 2 is 1.75 bits per heavy atom. The molecule has 3 rings (SSSR count). The van der Waals surface area contributed by atoms with Crippen LogP contribution < -0.4 is 5.43 Å². The Hall–Kier alpha value is -1.83. The largest absolute Gasteiger partial charge is 0.307 e. The van der Waals surface area contributed by atoms with Crippen molar-refractivity contribution in [1.29, 1.82) is 0 Å². The minimum atomic E-state index is 0.497. The predicted octanol–water partition coefficient (Wildman–Crippen LogP) is 5.62. The van der Waals surface area contributed by atoms with Crippen LogP contribution in [0.25, 0.3) is 0 Å². The summed E-state index contributed by atoms with van der Waals surface area (Å²) in [5, 5.41) is 4.89. The second-order valence-corrected chi connectivity index (χ2v) is 7.40. The van der Waals surface area contributed by atoms with Gasteiger partial charge in [0.15, 0.2) is 0 Å². The van der Waals surface area contributed by atoms with E-state index < -0.39 is 0 Å². The van der Waals surface area contributed by atoms with Crippen molar-refractivity contribution >= 4 is 5.71 Å². The van der Waals surface area contributed by atoms with Crippen molar-refractivity contribution < 1.29 is 0 Å². The van der Waals surface area contributed by atoms with E-state index in [2.05, 4.69) is 62.6 Å². The molecule has 0 heterocycles. The van der Waals surface area contributed by atoms with Gasteiger partial charge in [-0.05, 0) is 39.2 Å². The fourth-order valence-corrected chi connectivity index (χ4v) is 3.94. The van der Waals surface area contributed by atoms with Crippen LogP contribution in [0.15, 0.2) is 58.2 Å². The van der Waals surface area contributed by atoms with E-state index in [4.69, 9.17) is 5.10 Å². The first-order chi connectivity index (χ1) is 11.6. The lowest BCUT2D eigenvalue weighted by atomic mass is 9.89. The fourth-order valence-electron chi connectivity index (χ4n) is 3.94. The minimum absolute atomic E-state index is 0.497. The van der Waals surface area contributed by atoms with E-state index in [0.29, 0.717) is 12.0 Å². The van der Waals surface area contributed by atoms with Gasteiger partial charge in [-0.1, -0.05) is 72.4 Å². The van der Waals surface area contributed by atoms with Gasteiger partial charge in [-0.15, -0.1) is 0 Å². The molecular formula is C22H30N2. The van der Waals surface area contributed by atoms with Gasteiger partial charge < -0.3 is 5.43 Å². The lowest BCUT2D eigenvalue weighted by Crippen LogP contribution is -2.28. The maximum atomic E-state index is 4.89. The molecule has 24 heavy (non-hydrogen) atoms. The molecule has 0 aromatic heterocycles. The van der Waals surface area contributed by atoms with Gasteiger partial charge in [0.2, 0.25) is 0 Å². The zero-order chi connectivity index (χ0) is 16.9. The second-order valence-electron chi connectivity index (χ2n) is 7.40. The van der Waals surface area contributed by atoms with E-state index >= 15 is 0 Å². The Bertz CT molecular complexity index is 646. The van der Waals surface area contributed by atoms with Gasteiger partial charge in [0, 0.05) is 18.4 Å². The van der Waals surface area contributed by atoms with Crippen molar-refractivity contribution in [2.45, 2.75) is 65.3 Å². The van der Waals surface area contributed by atoms with E-state index in [-0.39, 0.29) is 0 Å². The molecule has 128 valence electrons. The molecule has 0 aliphatic heterocycles. The molecule has 1 saturated carbocycles. The Morgan fingerprint density at radius 3 is 2.38 bits per heavy atom. The summed E-state index contributed by atoms with van der Waals surface area (Å²) in [6.07, 6.45) is 9.87. The SMILES string of the molecule is CC1=CC(C)=C(C)C1CC(=NNC1CCCCC1)c1ccccc1. The first kappa shape index (κ1) is 17.0. The summed E-state index contributed by atoms with van der Waals surface area (Å²) in [7, 11) is 0. The molecular weight excluding hydrogens is 292 g/mol. The van der Waals surface area contributed by atoms with Gasteiger partial charge in [-0.25, -0.2) is 0 Å². The van der Waals surface area contributed by atoms with Gasteiger partial charge in [0.1, 0.15) is 0 Å². The van der Waals surface area contributed by atoms with Crippen molar-refractivity contribution in [3.05, 3.63) is 58.7 Å². The quantitative estimate of drug-likeness (QED) is 0.552. The van der Waals surface area contributed by atoms with Gasteiger partial charge in [-0.3, -0.25) is 0 Å². The Labute approximate surface area is 146 Å². The summed E-state index contributed by atoms with van der Waals surface area (Å²) < 4.78 is 0. The van der Waals surface area contributed by atoms with Gasteiger partial charge in [0.05, 0.1) is 5.71 Å². The van der Waals surface area contributed by atoms with Gasteiger partial charge in [0.25, 0.3) is 0 Å². The Kier molecular flexibility index (Phi) is 5.55. The summed E-state index contributed by atoms with van der Waals surface area (Å²) in [4.78, 5) is 0. The zero-order valence-corrected chi connectivity index (χ0v) is 15.3. The van der Waals surface area contributed by atoms with Crippen LogP contribution in [0.3, 0.4) is 0 Å². The van der Waals surface area contributed by atoms with Crippen molar-refractivity contribution in [2.75, 3.05) is 0 Å². The lowest BCUT2D eigenvalue weighted by Gasteiger charge is -2.23. The summed E-state index contributed by atoms with van der Waals surface area (Å²) in [5.74, 6) is 0.497. The molecule has 0 saturated heterocycles. The molecule has 0 amide bonds. The number of nitrogens with one attached hydrogen (secondary N) is 1. The Morgan fingerprint density at radius 1 is 1.04 bits per heavy atom. The summed E-state index contributed by atoms with van der Waals surface area (Å²) >= 11 is 0. The smallest absolute Gasteiger partial charge is 0.0684 e. The van der Waals surface area contributed by atoms with Crippen LogP contribution in [0, 0.1) is 5.92 Å². The molecule has 0 radical (unpaired) electrons. The van der Waals surface area contributed by atoms with E-state index in [1.165, 1.54) is 60.1 Å². The molecule has 0 bridgehead atoms. The number of allylic oxidation sites excluding steroid dienone is 4. The fraction of sp³-hybridized carbons (Fsp3) is 0.500. The molecule has 1 unspecified atom stereocenters. The molecule has 1 aromatic carbocycles. The van der Waals surface area contributed by atoms with Gasteiger partial charge in [-0.2, -0.15) is 5.10 Å². The van der Waals surface area contributed by atoms with Crippen LogP contribution >= 0.6 is 0 Å². The molecule has 1 N–H and O–H groups in total. The van der Waals surface area contributed by atoms with E-state index in [1.54, 1.807) is 0 Å².